The Hall–Kier alpha value is -4.11. The highest BCUT2D eigenvalue weighted by Gasteiger charge is 2.35. The van der Waals surface area contributed by atoms with Crippen LogP contribution in [-0.4, -0.2) is 58.6 Å². The lowest BCUT2D eigenvalue weighted by molar-refractivity contribution is -0.131. The molecule has 5 rings (SSSR count). The number of nitrogens with two attached hydrogens (primary N) is 1. The van der Waals surface area contributed by atoms with Crippen LogP contribution < -0.4 is 16.4 Å². The summed E-state index contributed by atoms with van der Waals surface area (Å²) < 4.78 is 0. The molecule has 1 aliphatic carbocycles. The molecule has 0 spiro atoms. The van der Waals surface area contributed by atoms with Crippen LogP contribution in [0.4, 0.5) is 5.82 Å². The lowest BCUT2D eigenvalue weighted by Crippen LogP contribution is -2.48. The minimum absolute atomic E-state index is 0.0440. The Balaban J connectivity index is 1.37. The standard InChI is InChI=1S/C38H51N5O4/c39-38-41-19-17-34(43-38)33(24-37(46)47)35(42-36-14-7-18-40-36)23-30-16-15-29-21-27-11-5-6-12-28(27)22-32(29)31(30)13-4-2-1-3-9-26(25-45)10-8-20-44/h5-7,11-12,14,18,21-22,24-26,30-31,34-35,40,42,44H,1-4,8-10,13,15-17,19-20,23H2,(H,46,47)(H3,39,41,43)/b33-24+/t26-,30+,31+,34+,35-/m0/s1. The molecule has 2 aromatic carbocycles. The van der Waals surface area contributed by atoms with Gasteiger partial charge in [-0.25, -0.2) is 4.79 Å². The van der Waals surface area contributed by atoms with Gasteiger partial charge >= 0.3 is 5.97 Å². The van der Waals surface area contributed by atoms with E-state index >= 15 is 0 Å². The van der Waals surface area contributed by atoms with E-state index in [2.05, 4.69) is 57.0 Å². The molecule has 9 nitrogen and oxygen atoms in total. The molecule has 2 aliphatic rings. The fraction of sp³-hybridized carbons (Fsp3) is 0.500. The molecule has 3 aromatic rings. The molecule has 252 valence electrons. The number of nitrogens with one attached hydrogen (secondary N) is 3. The zero-order chi connectivity index (χ0) is 33.0. The number of carbonyl (C=O) groups is 2. The number of guanidine groups is 1. The van der Waals surface area contributed by atoms with Gasteiger partial charge in [0.05, 0.1) is 12.1 Å². The maximum absolute atomic E-state index is 12.2. The number of aromatic nitrogens is 1. The first kappa shape index (κ1) is 34.2. The number of carboxylic acid groups (broad SMARTS) is 1. The van der Waals surface area contributed by atoms with Crippen LogP contribution in [0.5, 0.6) is 0 Å². The molecule has 0 fully saturated rings. The first-order valence-electron chi connectivity index (χ1n) is 17.4. The van der Waals surface area contributed by atoms with E-state index in [1.807, 2.05) is 18.3 Å². The molecule has 2 heterocycles. The normalized spacial score (nSPS) is 20.9. The number of benzene rings is 2. The summed E-state index contributed by atoms with van der Waals surface area (Å²) in [5.41, 5.74) is 9.73. The number of carboxylic acids is 1. The summed E-state index contributed by atoms with van der Waals surface area (Å²) in [5, 5.41) is 28.6. The number of hydrogen-bond acceptors (Lipinski definition) is 7. The number of fused-ring (bicyclic) bond motifs is 2. The van der Waals surface area contributed by atoms with Gasteiger partial charge in [0, 0.05) is 31.3 Å². The topological polar surface area (TPSA) is 153 Å². The molecular formula is C38H51N5O4. The summed E-state index contributed by atoms with van der Waals surface area (Å²) in [7, 11) is 0. The molecule has 47 heavy (non-hydrogen) atoms. The zero-order valence-electron chi connectivity index (χ0n) is 27.4. The van der Waals surface area contributed by atoms with Crippen molar-refractivity contribution in [2.24, 2.45) is 22.6 Å². The molecule has 7 N–H and O–H groups in total. The Morgan fingerprint density at radius 2 is 1.83 bits per heavy atom. The number of aromatic amines is 1. The maximum atomic E-state index is 12.2. The van der Waals surface area contributed by atoms with Gasteiger partial charge in [-0.3, -0.25) is 4.99 Å². The minimum Gasteiger partial charge on any atom is -0.478 e. The summed E-state index contributed by atoms with van der Waals surface area (Å²) in [5.74, 6) is 0.978. The molecular weight excluding hydrogens is 590 g/mol. The molecule has 0 unspecified atom stereocenters. The largest absolute Gasteiger partial charge is 0.478 e. The number of carbonyl (C=O) groups excluding carboxylic acids is 1. The van der Waals surface area contributed by atoms with Crippen LogP contribution in [0.25, 0.3) is 10.8 Å². The Morgan fingerprint density at radius 3 is 2.55 bits per heavy atom. The summed E-state index contributed by atoms with van der Waals surface area (Å²) in [4.78, 5) is 31.2. The molecule has 0 radical (unpaired) electrons. The number of anilines is 1. The van der Waals surface area contributed by atoms with Crippen molar-refractivity contribution in [1.29, 1.82) is 0 Å². The second kappa shape index (κ2) is 17.2. The fourth-order valence-electron chi connectivity index (χ4n) is 7.73. The van der Waals surface area contributed by atoms with Crippen LogP contribution >= 0.6 is 0 Å². The Morgan fingerprint density at radius 1 is 1.04 bits per heavy atom. The predicted molar refractivity (Wildman–Crippen MR) is 189 cm³/mol. The lowest BCUT2D eigenvalue weighted by atomic mass is 9.69. The average Bonchev–Trinajstić information content (AvgIpc) is 3.59. The van der Waals surface area contributed by atoms with E-state index in [9.17, 15) is 14.7 Å². The van der Waals surface area contributed by atoms with Gasteiger partial charge in [0.1, 0.15) is 12.1 Å². The van der Waals surface area contributed by atoms with Gasteiger partial charge in [0.2, 0.25) is 0 Å². The number of aliphatic carboxylic acids is 1. The monoisotopic (exact) mass is 641 g/mol. The maximum Gasteiger partial charge on any atom is 0.328 e. The Bertz CT molecular complexity index is 1520. The van der Waals surface area contributed by atoms with Gasteiger partial charge in [-0.05, 0) is 103 Å². The molecule has 1 aromatic heterocycles. The zero-order valence-corrected chi connectivity index (χ0v) is 27.4. The van der Waals surface area contributed by atoms with Crippen LogP contribution in [0.1, 0.15) is 87.7 Å². The molecule has 0 bridgehead atoms. The third-order valence-corrected chi connectivity index (χ3v) is 10.1. The van der Waals surface area contributed by atoms with Crippen LogP contribution in [-0.2, 0) is 16.0 Å². The van der Waals surface area contributed by atoms with Crippen LogP contribution in [0, 0.1) is 11.8 Å². The lowest BCUT2D eigenvalue weighted by Gasteiger charge is -2.38. The first-order chi connectivity index (χ1) is 22.9. The molecule has 0 saturated carbocycles. The molecule has 5 atom stereocenters. The van der Waals surface area contributed by atoms with E-state index in [1.165, 1.54) is 28.0 Å². The average molecular weight is 642 g/mol. The van der Waals surface area contributed by atoms with Crippen molar-refractivity contribution in [1.82, 2.24) is 10.3 Å². The number of H-pyrrole nitrogens is 1. The molecule has 0 amide bonds. The number of aliphatic imine (C=N–C) groups is 1. The Labute approximate surface area is 278 Å². The van der Waals surface area contributed by atoms with Crippen LogP contribution in [0.3, 0.4) is 0 Å². The number of rotatable bonds is 18. The molecule has 9 heteroatoms. The number of aliphatic hydroxyl groups is 1. The van der Waals surface area contributed by atoms with Crippen molar-refractivity contribution >= 4 is 34.8 Å². The predicted octanol–water partition coefficient (Wildman–Crippen LogP) is 6.30. The van der Waals surface area contributed by atoms with Crippen LogP contribution in [0.15, 0.2) is 71.4 Å². The number of aryl methyl sites for hydroxylation is 1. The van der Waals surface area contributed by atoms with E-state index in [4.69, 9.17) is 10.8 Å². The molecule has 0 saturated heterocycles. The number of hydrogen-bond donors (Lipinski definition) is 6. The third kappa shape index (κ3) is 9.47. The van der Waals surface area contributed by atoms with Crippen LogP contribution in [0.2, 0.25) is 0 Å². The van der Waals surface area contributed by atoms with Crippen molar-refractivity contribution in [3.63, 3.8) is 0 Å². The SMILES string of the molecule is NC1=NCC[C@H](/C(=C\C(=O)O)[C@H](C[C@H]2CCc3cc4ccccc4cc3[C@@H]2CCCCCC[C@H](C=O)CCCO)Nc2ccc[nH]2)N1. The van der Waals surface area contributed by atoms with Gasteiger partial charge in [0.15, 0.2) is 5.96 Å². The summed E-state index contributed by atoms with van der Waals surface area (Å²) in [6.45, 7) is 0.690. The van der Waals surface area contributed by atoms with E-state index < -0.39 is 5.97 Å². The fourth-order valence-corrected chi connectivity index (χ4v) is 7.73. The number of aldehydes is 1. The Kier molecular flexibility index (Phi) is 12.5. The summed E-state index contributed by atoms with van der Waals surface area (Å²) in [6, 6.07) is 16.8. The second-order valence-corrected chi connectivity index (χ2v) is 13.3. The highest BCUT2D eigenvalue weighted by atomic mass is 16.4. The smallest absolute Gasteiger partial charge is 0.328 e. The van der Waals surface area contributed by atoms with Gasteiger partial charge in [0.25, 0.3) is 0 Å². The van der Waals surface area contributed by atoms with Gasteiger partial charge < -0.3 is 36.4 Å². The summed E-state index contributed by atoms with van der Waals surface area (Å²) >= 11 is 0. The summed E-state index contributed by atoms with van der Waals surface area (Å²) in [6.07, 6.45) is 15.5. The van der Waals surface area contributed by atoms with Crippen molar-refractivity contribution in [3.8, 4) is 0 Å². The number of unbranched alkanes of at least 4 members (excludes halogenated alkanes) is 3. The number of aliphatic hydroxyl groups excluding tert-OH is 1. The highest BCUT2D eigenvalue weighted by Crippen LogP contribution is 2.44. The third-order valence-electron chi connectivity index (χ3n) is 10.1. The van der Waals surface area contributed by atoms with Gasteiger partial charge in [-0.1, -0.05) is 62.1 Å². The van der Waals surface area contributed by atoms with Crippen molar-refractivity contribution < 1.29 is 19.8 Å². The van der Waals surface area contributed by atoms with E-state index in [0.29, 0.717) is 37.2 Å². The number of nitrogens with zero attached hydrogens (tertiary/aromatic N) is 1. The minimum atomic E-state index is -0.966. The second-order valence-electron chi connectivity index (χ2n) is 13.3. The van der Waals surface area contributed by atoms with Gasteiger partial charge in [-0.15, -0.1) is 0 Å². The quantitative estimate of drug-likeness (QED) is 0.0541. The van der Waals surface area contributed by atoms with E-state index in [-0.39, 0.29) is 24.6 Å². The van der Waals surface area contributed by atoms with Crippen molar-refractivity contribution in [2.45, 2.75) is 95.1 Å². The van der Waals surface area contributed by atoms with Crippen molar-refractivity contribution in [2.75, 3.05) is 18.5 Å². The van der Waals surface area contributed by atoms with Crippen molar-refractivity contribution in [3.05, 3.63) is 77.5 Å². The first-order valence-corrected chi connectivity index (χ1v) is 17.4. The molecule has 1 aliphatic heterocycles. The highest BCUT2D eigenvalue weighted by molar-refractivity contribution is 5.85. The van der Waals surface area contributed by atoms with E-state index in [0.717, 1.165) is 81.9 Å². The van der Waals surface area contributed by atoms with E-state index in [1.54, 1.807) is 0 Å². The van der Waals surface area contributed by atoms with Gasteiger partial charge in [-0.2, -0.15) is 0 Å².